The molecule has 0 fully saturated rings. The molecule has 2 rings (SSSR count). The van der Waals surface area contributed by atoms with Crippen LogP contribution in [0.1, 0.15) is 31.3 Å². The van der Waals surface area contributed by atoms with E-state index in [1.165, 1.54) is 11.8 Å². The molecule has 0 radical (unpaired) electrons. The summed E-state index contributed by atoms with van der Waals surface area (Å²) in [4.78, 5) is 16.2. The molecule has 0 aliphatic heterocycles. The minimum absolute atomic E-state index is 0.0834. The van der Waals surface area contributed by atoms with Gasteiger partial charge in [-0.05, 0) is 24.1 Å². The van der Waals surface area contributed by atoms with Crippen LogP contribution in [0.5, 0.6) is 0 Å². The van der Waals surface area contributed by atoms with Gasteiger partial charge in [-0.15, -0.1) is 0 Å². The number of aromatic nitrogens is 2. The van der Waals surface area contributed by atoms with Gasteiger partial charge in [0.1, 0.15) is 24.1 Å². The number of imidazole rings is 1. The fourth-order valence-corrected chi connectivity index (χ4v) is 4.22. The molecule has 2 aromatic rings. The third-order valence-corrected chi connectivity index (χ3v) is 4.85. The molecule has 6 nitrogen and oxygen atoms in total. The summed E-state index contributed by atoms with van der Waals surface area (Å²) < 4.78 is 6.63. The minimum atomic E-state index is -0.842. The number of aliphatic hydroxyl groups is 1. The summed E-state index contributed by atoms with van der Waals surface area (Å²) in [5, 5.41) is 11.5. The van der Waals surface area contributed by atoms with Gasteiger partial charge in [-0.2, -0.15) is 0 Å². The van der Waals surface area contributed by atoms with Crippen LogP contribution in [0.25, 0.3) is 0 Å². The molecule has 25 heavy (non-hydrogen) atoms. The standard InChI is InChI=1S/C16H19Cl2N3O3S/c1-9(2)14-15(25-12-6-10(17)5-11(18)7-12)21(13(8-22)20-14)3-4-24-16(19)23/h5-7,9,22H,3-4,8H2,1-2H3,(H2,19,23). The minimum Gasteiger partial charge on any atom is -0.448 e. The fourth-order valence-electron chi connectivity index (χ4n) is 2.27. The monoisotopic (exact) mass is 403 g/mol. The molecule has 0 aliphatic carbocycles. The van der Waals surface area contributed by atoms with Crippen LogP contribution >= 0.6 is 35.0 Å². The summed E-state index contributed by atoms with van der Waals surface area (Å²) in [6, 6.07) is 5.27. The topological polar surface area (TPSA) is 90.4 Å². The highest BCUT2D eigenvalue weighted by atomic mass is 35.5. The molecule has 0 saturated heterocycles. The molecule has 9 heteroatoms. The summed E-state index contributed by atoms with van der Waals surface area (Å²) in [7, 11) is 0. The summed E-state index contributed by atoms with van der Waals surface area (Å²) in [6.45, 7) is 4.22. The normalized spacial score (nSPS) is 11.1. The largest absolute Gasteiger partial charge is 0.448 e. The van der Waals surface area contributed by atoms with Gasteiger partial charge < -0.3 is 20.1 Å². The lowest BCUT2D eigenvalue weighted by Crippen LogP contribution is -2.18. The zero-order valence-electron chi connectivity index (χ0n) is 13.8. The molecular weight excluding hydrogens is 385 g/mol. The quantitative estimate of drug-likeness (QED) is 0.727. The van der Waals surface area contributed by atoms with Crippen LogP contribution < -0.4 is 5.73 Å². The van der Waals surface area contributed by atoms with Crippen molar-refractivity contribution in [1.29, 1.82) is 0 Å². The van der Waals surface area contributed by atoms with Gasteiger partial charge in [-0.1, -0.05) is 48.8 Å². The van der Waals surface area contributed by atoms with Crippen molar-refractivity contribution in [1.82, 2.24) is 9.55 Å². The molecule has 0 bridgehead atoms. The molecule has 1 aromatic heterocycles. The SMILES string of the molecule is CC(C)c1nc(CO)n(CCOC(N)=O)c1Sc1cc(Cl)cc(Cl)c1. The van der Waals surface area contributed by atoms with Crippen molar-refractivity contribution in [2.24, 2.45) is 5.73 Å². The third-order valence-electron chi connectivity index (χ3n) is 3.32. The van der Waals surface area contributed by atoms with E-state index in [2.05, 4.69) is 4.98 Å². The highest BCUT2D eigenvalue weighted by Crippen LogP contribution is 2.37. The highest BCUT2D eigenvalue weighted by molar-refractivity contribution is 7.99. The Kier molecular flexibility index (Phi) is 7.01. The number of rotatable bonds is 7. The van der Waals surface area contributed by atoms with Crippen molar-refractivity contribution in [3.8, 4) is 0 Å². The lowest BCUT2D eigenvalue weighted by atomic mass is 10.1. The number of amides is 1. The summed E-state index contributed by atoms with van der Waals surface area (Å²) in [5.74, 6) is 0.633. The first-order valence-corrected chi connectivity index (χ1v) is 9.15. The maximum atomic E-state index is 10.8. The Morgan fingerprint density at radius 2 is 2.00 bits per heavy atom. The van der Waals surface area contributed by atoms with Gasteiger partial charge in [0.05, 0.1) is 12.2 Å². The maximum absolute atomic E-state index is 10.8. The molecule has 1 heterocycles. The summed E-state index contributed by atoms with van der Waals surface area (Å²) >= 11 is 13.6. The number of benzene rings is 1. The number of ether oxygens (including phenoxy) is 1. The Morgan fingerprint density at radius 3 is 2.52 bits per heavy atom. The first-order chi connectivity index (χ1) is 11.8. The van der Waals surface area contributed by atoms with Gasteiger partial charge in [0, 0.05) is 14.9 Å². The molecule has 1 aromatic carbocycles. The van der Waals surface area contributed by atoms with Gasteiger partial charge in [0.15, 0.2) is 0 Å². The third kappa shape index (κ3) is 5.28. The Labute approximate surface area is 160 Å². The second-order valence-electron chi connectivity index (χ2n) is 5.56. The molecule has 136 valence electrons. The van der Waals surface area contributed by atoms with Crippen LogP contribution in [0.2, 0.25) is 10.0 Å². The van der Waals surface area contributed by atoms with Crippen molar-refractivity contribution in [3.63, 3.8) is 0 Å². The van der Waals surface area contributed by atoms with E-state index in [0.717, 1.165) is 15.6 Å². The van der Waals surface area contributed by atoms with E-state index >= 15 is 0 Å². The number of hydrogen-bond acceptors (Lipinski definition) is 5. The van der Waals surface area contributed by atoms with Gasteiger partial charge in [0.25, 0.3) is 0 Å². The van der Waals surface area contributed by atoms with E-state index in [1.54, 1.807) is 18.2 Å². The van der Waals surface area contributed by atoms with E-state index < -0.39 is 6.09 Å². The number of carbonyl (C=O) groups excluding carboxylic acids is 1. The summed E-state index contributed by atoms with van der Waals surface area (Å²) in [6.07, 6.45) is -0.842. The van der Waals surface area contributed by atoms with Gasteiger partial charge in [-0.3, -0.25) is 0 Å². The Hall–Kier alpha value is -1.41. The van der Waals surface area contributed by atoms with Crippen molar-refractivity contribution < 1.29 is 14.6 Å². The average Bonchev–Trinajstić information content (AvgIpc) is 2.84. The van der Waals surface area contributed by atoms with Gasteiger partial charge in [-0.25, -0.2) is 9.78 Å². The molecule has 0 spiro atoms. The lowest BCUT2D eigenvalue weighted by Gasteiger charge is -2.13. The van der Waals surface area contributed by atoms with Crippen LogP contribution in [0, 0.1) is 0 Å². The predicted molar refractivity (Wildman–Crippen MR) is 98.4 cm³/mol. The van der Waals surface area contributed by atoms with Crippen LogP contribution in [0.3, 0.4) is 0 Å². The maximum Gasteiger partial charge on any atom is 0.404 e. The lowest BCUT2D eigenvalue weighted by molar-refractivity contribution is 0.150. The molecule has 0 unspecified atom stereocenters. The van der Waals surface area contributed by atoms with Crippen LogP contribution in [-0.4, -0.2) is 27.4 Å². The first kappa shape index (κ1) is 19.9. The van der Waals surface area contributed by atoms with E-state index in [-0.39, 0.29) is 19.1 Å². The van der Waals surface area contributed by atoms with E-state index in [0.29, 0.717) is 22.4 Å². The molecule has 0 aliphatic rings. The first-order valence-electron chi connectivity index (χ1n) is 7.58. The Morgan fingerprint density at radius 1 is 1.36 bits per heavy atom. The molecule has 3 N–H and O–H groups in total. The second-order valence-corrected chi connectivity index (χ2v) is 7.49. The highest BCUT2D eigenvalue weighted by Gasteiger charge is 2.20. The van der Waals surface area contributed by atoms with Crippen molar-refractivity contribution >= 4 is 41.1 Å². The number of primary amides is 1. The van der Waals surface area contributed by atoms with Gasteiger partial charge >= 0.3 is 6.09 Å². The van der Waals surface area contributed by atoms with E-state index in [4.69, 9.17) is 33.7 Å². The number of hydrogen-bond donors (Lipinski definition) is 2. The summed E-state index contributed by atoms with van der Waals surface area (Å²) in [5.41, 5.74) is 5.84. The molecule has 0 atom stereocenters. The zero-order valence-corrected chi connectivity index (χ0v) is 16.2. The number of carbonyl (C=O) groups is 1. The molecule has 1 amide bonds. The number of aliphatic hydroxyl groups excluding tert-OH is 1. The zero-order chi connectivity index (χ0) is 18.6. The number of nitrogens with two attached hydrogens (primary N) is 1. The van der Waals surface area contributed by atoms with E-state index in [9.17, 15) is 9.90 Å². The Bertz CT molecular complexity index is 745. The average molecular weight is 404 g/mol. The van der Waals surface area contributed by atoms with Crippen LogP contribution in [0.15, 0.2) is 28.1 Å². The smallest absolute Gasteiger partial charge is 0.404 e. The van der Waals surface area contributed by atoms with Crippen LogP contribution in [-0.2, 0) is 17.9 Å². The number of nitrogens with zero attached hydrogens (tertiary/aromatic N) is 2. The van der Waals surface area contributed by atoms with E-state index in [1.807, 2.05) is 18.4 Å². The molecular formula is C16H19Cl2N3O3S. The van der Waals surface area contributed by atoms with Crippen molar-refractivity contribution in [3.05, 3.63) is 39.8 Å². The fraction of sp³-hybridized carbons (Fsp3) is 0.375. The van der Waals surface area contributed by atoms with Crippen LogP contribution in [0.4, 0.5) is 4.79 Å². The predicted octanol–water partition coefficient (Wildman–Crippen LogP) is 4.05. The second kappa shape index (κ2) is 8.80. The Balaban J connectivity index is 2.41. The van der Waals surface area contributed by atoms with Crippen molar-refractivity contribution in [2.45, 2.75) is 42.8 Å². The molecule has 0 saturated carbocycles. The van der Waals surface area contributed by atoms with Crippen molar-refractivity contribution in [2.75, 3.05) is 6.61 Å². The number of halogens is 2. The van der Waals surface area contributed by atoms with Gasteiger partial charge in [0.2, 0.25) is 0 Å².